The second kappa shape index (κ2) is 5.69. The molecular weight excluding hydrogens is 298 g/mol. The van der Waals surface area contributed by atoms with Gasteiger partial charge in [0.05, 0.1) is 4.90 Å². The minimum atomic E-state index is -3.60. The average Bonchev–Trinajstić information content (AvgIpc) is 3.32. The number of benzene rings is 1. The van der Waals surface area contributed by atoms with E-state index in [1.54, 1.807) is 29.2 Å². The maximum atomic E-state index is 13.0. The Kier molecular flexibility index (Phi) is 4.02. The predicted octanol–water partition coefficient (Wildman–Crippen LogP) is 2.70. The molecule has 0 atom stereocenters. The summed E-state index contributed by atoms with van der Waals surface area (Å²) in [5, 5.41) is 0. The van der Waals surface area contributed by atoms with Gasteiger partial charge in [-0.25, -0.2) is 8.42 Å². The number of hydrogen-bond acceptors (Lipinski definition) is 3. The fourth-order valence-electron chi connectivity index (χ4n) is 3.22. The molecule has 1 amide bonds. The third-order valence-electron chi connectivity index (χ3n) is 4.83. The van der Waals surface area contributed by atoms with Crippen molar-refractivity contribution in [2.75, 3.05) is 13.1 Å². The highest BCUT2D eigenvalue weighted by atomic mass is 32.2. The van der Waals surface area contributed by atoms with Crippen LogP contribution in [0.3, 0.4) is 0 Å². The number of carbonyl (C=O) groups is 1. The van der Waals surface area contributed by atoms with Crippen LogP contribution in [0.5, 0.6) is 0 Å². The van der Waals surface area contributed by atoms with E-state index in [4.69, 9.17) is 0 Å². The number of likely N-dealkylation sites (tertiary alicyclic amines) is 1. The highest BCUT2D eigenvalue weighted by molar-refractivity contribution is 7.94. The number of hydrogen-bond donors (Lipinski definition) is 0. The zero-order valence-corrected chi connectivity index (χ0v) is 13.9. The third-order valence-corrected chi connectivity index (χ3v) is 7.34. The standard InChI is InChI=1S/C17H23NO3S/c1-14-6-8-15(9-7-14)22(20,21)17(10-11-17)16(19)18-12-4-2-3-5-13-18/h6-9H,2-5,10-13H2,1H3. The number of amides is 1. The minimum absolute atomic E-state index is 0.171. The molecule has 0 bridgehead atoms. The average molecular weight is 321 g/mol. The highest BCUT2D eigenvalue weighted by Gasteiger charge is 2.62. The van der Waals surface area contributed by atoms with Gasteiger partial charge in [0.2, 0.25) is 5.91 Å². The molecule has 2 aliphatic rings. The number of aryl methyl sites for hydroxylation is 1. The van der Waals surface area contributed by atoms with E-state index in [-0.39, 0.29) is 10.8 Å². The van der Waals surface area contributed by atoms with Crippen molar-refractivity contribution in [1.82, 2.24) is 4.90 Å². The van der Waals surface area contributed by atoms with Crippen molar-refractivity contribution in [3.63, 3.8) is 0 Å². The smallest absolute Gasteiger partial charge is 0.244 e. The first-order valence-corrected chi connectivity index (χ1v) is 9.56. The predicted molar refractivity (Wildman–Crippen MR) is 85.4 cm³/mol. The maximum absolute atomic E-state index is 13.0. The Morgan fingerprint density at radius 2 is 1.55 bits per heavy atom. The summed E-state index contributed by atoms with van der Waals surface area (Å²) in [7, 11) is -3.60. The largest absolute Gasteiger partial charge is 0.341 e. The molecule has 1 aliphatic heterocycles. The van der Waals surface area contributed by atoms with Crippen molar-refractivity contribution in [3.8, 4) is 0 Å². The summed E-state index contributed by atoms with van der Waals surface area (Å²) in [5.74, 6) is -0.171. The molecule has 1 saturated carbocycles. The van der Waals surface area contributed by atoms with Gasteiger partial charge in [0.15, 0.2) is 14.6 Å². The summed E-state index contributed by atoms with van der Waals surface area (Å²) in [6.07, 6.45) is 5.12. The minimum Gasteiger partial charge on any atom is -0.341 e. The lowest BCUT2D eigenvalue weighted by Crippen LogP contribution is -2.45. The topological polar surface area (TPSA) is 54.5 Å². The van der Waals surface area contributed by atoms with Crippen molar-refractivity contribution in [2.45, 2.75) is 55.1 Å². The number of carbonyl (C=O) groups excluding carboxylic acids is 1. The van der Waals surface area contributed by atoms with Crippen molar-refractivity contribution >= 4 is 15.7 Å². The van der Waals surface area contributed by atoms with E-state index < -0.39 is 14.6 Å². The molecule has 0 aromatic heterocycles. The van der Waals surface area contributed by atoms with Crippen molar-refractivity contribution in [2.24, 2.45) is 0 Å². The lowest BCUT2D eigenvalue weighted by Gasteiger charge is -2.26. The van der Waals surface area contributed by atoms with Gasteiger partial charge in [-0.15, -0.1) is 0 Å². The molecule has 0 unspecified atom stereocenters. The van der Waals surface area contributed by atoms with Crippen LogP contribution in [-0.2, 0) is 14.6 Å². The second-order valence-electron chi connectivity index (χ2n) is 6.52. The second-order valence-corrected chi connectivity index (χ2v) is 8.78. The van der Waals surface area contributed by atoms with Crippen LogP contribution in [-0.4, -0.2) is 37.1 Å². The molecule has 3 rings (SSSR count). The van der Waals surface area contributed by atoms with Crippen LogP contribution in [0.1, 0.15) is 44.1 Å². The molecular formula is C17H23NO3S. The van der Waals surface area contributed by atoms with Gasteiger partial charge in [-0.1, -0.05) is 30.5 Å². The van der Waals surface area contributed by atoms with Gasteiger partial charge in [0, 0.05) is 13.1 Å². The van der Waals surface area contributed by atoms with Crippen LogP contribution in [0, 0.1) is 6.92 Å². The van der Waals surface area contributed by atoms with Gasteiger partial charge in [-0.05, 0) is 44.7 Å². The summed E-state index contributed by atoms with van der Waals surface area (Å²) in [5.41, 5.74) is 1.02. The molecule has 1 heterocycles. The summed E-state index contributed by atoms with van der Waals surface area (Å²) >= 11 is 0. The molecule has 0 N–H and O–H groups in total. The van der Waals surface area contributed by atoms with E-state index in [0.717, 1.165) is 31.2 Å². The Labute approximate surface area is 132 Å². The fourth-order valence-corrected chi connectivity index (χ4v) is 5.16. The van der Waals surface area contributed by atoms with Gasteiger partial charge >= 0.3 is 0 Å². The first kappa shape index (κ1) is 15.5. The molecule has 5 heteroatoms. The molecule has 0 radical (unpaired) electrons. The van der Waals surface area contributed by atoms with Crippen LogP contribution in [0.4, 0.5) is 0 Å². The van der Waals surface area contributed by atoms with E-state index in [2.05, 4.69) is 0 Å². The Bertz CT molecular complexity index is 652. The first-order valence-electron chi connectivity index (χ1n) is 8.08. The van der Waals surface area contributed by atoms with Gasteiger partial charge in [0.25, 0.3) is 0 Å². The first-order chi connectivity index (χ1) is 10.5. The fraction of sp³-hybridized carbons (Fsp3) is 0.588. The van der Waals surface area contributed by atoms with Crippen LogP contribution in [0.25, 0.3) is 0 Å². The molecule has 2 fully saturated rings. The SMILES string of the molecule is Cc1ccc(S(=O)(=O)C2(C(=O)N3CCCCCC3)CC2)cc1. The lowest BCUT2D eigenvalue weighted by atomic mass is 10.2. The zero-order chi connectivity index (χ0) is 15.8. The Hall–Kier alpha value is -1.36. The third kappa shape index (κ3) is 2.56. The summed E-state index contributed by atoms with van der Waals surface area (Å²) in [6, 6.07) is 6.83. The molecule has 1 aromatic rings. The van der Waals surface area contributed by atoms with E-state index in [1.807, 2.05) is 6.92 Å². The van der Waals surface area contributed by atoms with Gasteiger partial charge in [0.1, 0.15) is 0 Å². The van der Waals surface area contributed by atoms with Crippen LogP contribution in [0.2, 0.25) is 0 Å². The molecule has 0 spiro atoms. The maximum Gasteiger partial charge on any atom is 0.244 e. The van der Waals surface area contributed by atoms with E-state index in [9.17, 15) is 13.2 Å². The Morgan fingerprint density at radius 1 is 1.00 bits per heavy atom. The quantitative estimate of drug-likeness (QED) is 0.860. The highest BCUT2D eigenvalue weighted by Crippen LogP contribution is 2.48. The van der Waals surface area contributed by atoms with Crippen molar-refractivity contribution in [3.05, 3.63) is 29.8 Å². The Balaban J connectivity index is 1.88. The Morgan fingerprint density at radius 3 is 2.05 bits per heavy atom. The van der Waals surface area contributed by atoms with Gasteiger partial charge in [-0.2, -0.15) is 0 Å². The zero-order valence-electron chi connectivity index (χ0n) is 13.0. The normalized spacial score (nSPS) is 21.2. The molecule has 120 valence electrons. The number of rotatable bonds is 3. The molecule has 1 saturated heterocycles. The monoisotopic (exact) mass is 321 g/mol. The van der Waals surface area contributed by atoms with E-state index in [0.29, 0.717) is 25.9 Å². The number of sulfone groups is 1. The van der Waals surface area contributed by atoms with Crippen LogP contribution >= 0.6 is 0 Å². The van der Waals surface area contributed by atoms with E-state index >= 15 is 0 Å². The van der Waals surface area contributed by atoms with Crippen LogP contribution < -0.4 is 0 Å². The summed E-state index contributed by atoms with van der Waals surface area (Å²) < 4.78 is 24.7. The number of nitrogens with zero attached hydrogens (tertiary/aromatic N) is 1. The molecule has 22 heavy (non-hydrogen) atoms. The molecule has 4 nitrogen and oxygen atoms in total. The summed E-state index contributed by atoms with van der Waals surface area (Å²) in [4.78, 5) is 14.9. The lowest BCUT2D eigenvalue weighted by molar-refractivity contribution is -0.131. The summed E-state index contributed by atoms with van der Waals surface area (Å²) in [6.45, 7) is 3.32. The van der Waals surface area contributed by atoms with E-state index in [1.165, 1.54) is 0 Å². The van der Waals surface area contributed by atoms with Gasteiger partial charge < -0.3 is 4.90 Å². The molecule has 1 aliphatic carbocycles. The van der Waals surface area contributed by atoms with Crippen LogP contribution in [0.15, 0.2) is 29.2 Å². The van der Waals surface area contributed by atoms with Gasteiger partial charge in [-0.3, -0.25) is 4.79 Å². The van der Waals surface area contributed by atoms with Crippen molar-refractivity contribution < 1.29 is 13.2 Å². The van der Waals surface area contributed by atoms with Crippen molar-refractivity contribution in [1.29, 1.82) is 0 Å². The molecule has 1 aromatic carbocycles.